The Labute approximate surface area is 213 Å². The molecule has 6 nitrogen and oxygen atoms in total. The van der Waals surface area contributed by atoms with E-state index in [0.717, 1.165) is 17.5 Å². The van der Waals surface area contributed by atoms with E-state index in [4.69, 9.17) is 9.15 Å². The number of benzene rings is 2. The number of nitrogens with zero attached hydrogens (tertiary/aromatic N) is 2. The van der Waals surface area contributed by atoms with E-state index >= 15 is 0 Å². The molecule has 0 spiro atoms. The average molecular weight is 489 g/mol. The highest BCUT2D eigenvalue weighted by molar-refractivity contribution is 5.91. The molecule has 0 unspecified atom stereocenters. The lowest BCUT2D eigenvalue weighted by Crippen LogP contribution is -2.45. The largest absolute Gasteiger partial charge is 0.486 e. The molecule has 0 N–H and O–H groups in total. The van der Waals surface area contributed by atoms with Crippen LogP contribution in [0, 0.1) is 5.41 Å². The lowest BCUT2D eigenvalue weighted by molar-refractivity contribution is -0.141. The Kier molecular flexibility index (Phi) is 7.53. The van der Waals surface area contributed by atoms with Gasteiger partial charge in [-0.1, -0.05) is 57.2 Å². The van der Waals surface area contributed by atoms with Gasteiger partial charge in [-0.15, -0.1) is 0 Å². The van der Waals surface area contributed by atoms with E-state index in [2.05, 4.69) is 18.2 Å². The lowest BCUT2D eigenvalue weighted by Gasteiger charge is -2.41. The molecule has 1 aliphatic rings. The number of carbonyl (C=O) groups is 2. The summed E-state index contributed by atoms with van der Waals surface area (Å²) in [6, 6.07) is 19.6. The minimum atomic E-state index is -0.474. The summed E-state index contributed by atoms with van der Waals surface area (Å²) in [6.45, 7) is 12.0. The van der Waals surface area contributed by atoms with Crippen molar-refractivity contribution in [2.45, 2.75) is 53.7 Å². The van der Waals surface area contributed by atoms with Crippen LogP contribution in [0.2, 0.25) is 0 Å². The first-order valence-electron chi connectivity index (χ1n) is 12.7. The standard InChI is InChI=1S/C30H36N2O4/c1-6-31(7-2)28(33)26-16-15-24(36-26)20-35-23-14-13-21-17-18-32(29(34)30(3,4)5)27(25(21)19-23)22-11-9-8-10-12-22/h8-16,19,27H,6-7,17-18,20H2,1-5H3/t27-/m1/s1. The zero-order chi connectivity index (χ0) is 25.9. The summed E-state index contributed by atoms with van der Waals surface area (Å²) in [5.41, 5.74) is 2.91. The summed E-state index contributed by atoms with van der Waals surface area (Å²) in [6.07, 6.45) is 0.801. The van der Waals surface area contributed by atoms with Crippen molar-refractivity contribution in [2.24, 2.45) is 5.41 Å². The Bertz CT molecular complexity index is 1210. The molecular formula is C30H36N2O4. The van der Waals surface area contributed by atoms with Crippen LogP contribution in [-0.4, -0.2) is 41.2 Å². The van der Waals surface area contributed by atoms with Gasteiger partial charge < -0.3 is 19.0 Å². The first-order valence-corrected chi connectivity index (χ1v) is 12.7. The van der Waals surface area contributed by atoms with Crippen molar-refractivity contribution >= 4 is 11.8 Å². The maximum Gasteiger partial charge on any atom is 0.289 e. The quantitative estimate of drug-likeness (QED) is 0.418. The van der Waals surface area contributed by atoms with Crippen molar-refractivity contribution in [3.63, 3.8) is 0 Å². The lowest BCUT2D eigenvalue weighted by atomic mass is 9.85. The van der Waals surface area contributed by atoms with E-state index in [1.54, 1.807) is 17.0 Å². The Balaban J connectivity index is 1.58. The topological polar surface area (TPSA) is 63.0 Å². The maximum absolute atomic E-state index is 13.4. The third-order valence-corrected chi connectivity index (χ3v) is 6.67. The molecule has 0 aliphatic carbocycles. The molecule has 2 heterocycles. The molecule has 2 aromatic carbocycles. The number of ether oxygens (including phenoxy) is 1. The zero-order valence-corrected chi connectivity index (χ0v) is 21.9. The molecule has 0 bridgehead atoms. The highest BCUT2D eigenvalue weighted by Gasteiger charge is 2.37. The average Bonchev–Trinajstić information content (AvgIpc) is 3.36. The van der Waals surface area contributed by atoms with Gasteiger partial charge in [0.2, 0.25) is 5.91 Å². The summed E-state index contributed by atoms with van der Waals surface area (Å²) >= 11 is 0. The molecule has 4 rings (SSSR count). The molecule has 1 aromatic heterocycles. The number of fused-ring (bicyclic) bond motifs is 1. The van der Waals surface area contributed by atoms with E-state index < -0.39 is 5.41 Å². The fourth-order valence-electron chi connectivity index (χ4n) is 4.72. The van der Waals surface area contributed by atoms with Crippen LogP contribution in [0.3, 0.4) is 0 Å². The van der Waals surface area contributed by atoms with Crippen LogP contribution in [0.5, 0.6) is 5.75 Å². The number of amides is 2. The second kappa shape index (κ2) is 10.6. The summed E-state index contributed by atoms with van der Waals surface area (Å²) in [7, 11) is 0. The van der Waals surface area contributed by atoms with Gasteiger partial charge in [-0.3, -0.25) is 9.59 Å². The fourth-order valence-corrected chi connectivity index (χ4v) is 4.72. The Morgan fingerprint density at radius 3 is 2.42 bits per heavy atom. The molecule has 1 aliphatic heterocycles. The highest BCUT2D eigenvalue weighted by atomic mass is 16.5. The monoisotopic (exact) mass is 488 g/mol. The van der Waals surface area contributed by atoms with Crippen LogP contribution in [0.4, 0.5) is 0 Å². The third kappa shape index (κ3) is 5.32. The van der Waals surface area contributed by atoms with Gasteiger partial charge in [-0.05, 0) is 61.2 Å². The summed E-state index contributed by atoms with van der Waals surface area (Å²) in [4.78, 5) is 29.7. The van der Waals surface area contributed by atoms with E-state index in [1.807, 2.05) is 69.9 Å². The predicted molar refractivity (Wildman–Crippen MR) is 140 cm³/mol. The van der Waals surface area contributed by atoms with Crippen LogP contribution < -0.4 is 4.74 Å². The maximum atomic E-state index is 13.4. The zero-order valence-electron chi connectivity index (χ0n) is 21.9. The molecule has 3 aromatic rings. The van der Waals surface area contributed by atoms with Gasteiger partial charge in [-0.2, -0.15) is 0 Å². The number of hydrogen-bond acceptors (Lipinski definition) is 4. The molecule has 0 saturated heterocycles. The van der Waals surface area contributed by atoms with Crippen LogP contribution in [-0.2, 0) is 17.8 Å². The fraction of sp³-hybridized carbons (Fsp3) is 0.400. The van der Waals surface area contributed by atoms with Gasteiger partial charge >= 0.3 is 0 Å². The van der Waals surface area contributed by atoms with Crippen LogP contribution in [0.1, 0.15) is 73.7 Å². The molecule has 190 valence electrons. The minimum absolute atomic E-state index is 0.116. The molecule has 1 atom stereocenters. The summed E-state index contributed by atoms with van der Waals surface area (Å²) in [5.74, 6) is 1.63. The van der Waals surface area contributed by atoms with Gasteiger partial charge in [0.1, 0.15) is 18.1 Å². The second-order valence-electron chi connectivity index (χ2n) is 10.2. The smallest absolute Gasteiger partial charge is 0.289 e. The number of rotatable bonds is 7. The Morgan fingerprint density at radius 1 is 1.03 bits per heavy atom. The molecule has 36 heavy (non-hydrogen) atoms. The van der Waals surface area contributed by atoms with Crippen molar-refractivity contribution < 1.29 is 18.7 Å². The molecule has 0 radical (unpaired) electrons. The van der Waals surface area contributed by atoms with E-state index in [1.165, 1.54) is 5.56 Å². The molecule has 0 saturated carbocycles. The van der Waals surface area contributed by atoms with Crippen molar-refractivity contribution in [1.82, 2.24) is 9.80 Å². The van der Waals surface area contributed by atoms with Crippen molar-refractivity contribution in [3.05, 3.63) is 88.9 Å². The third-order valence-electron chi connectivity index (χ3n) is 6.67. The minimum Gasteiger partial charge on any atom is -0.486 e. The Hall–Kier alpha value is -3.54. The predicted octanol–water partition coefficient (Wildman–Crippen LogP) is 5.86. The molecule has 6 heteroatoms. The normalized spacial score (nSPS) is 15.4. The first-order chi connectivity index (χ1) is 17.2. The Morgan fingerprint density at radius 2 is 1.75 bits per heavy atom. The molecular weight excluding hydrogens is 452 g/mol. The van der Waals surface area contributed by atoms with Crippen molar-refractivity contribution in [1.29, 1.82) is 0 Å². The first kappa shape index (κ1) is 25.5. The van der Waals surface area contributed by atoms with E-state index in [0.29, 0.717) is 36.9 Å². The van der Waals surface area contributed by atoms with E-state index in [-0.39, 0.29) is 24.5 Å². The van der Waals surface area contributed by atoms with Crippen LogP contribution >= 0.6 is 0 Å². The van der Waals surface area contributed by atoms with Gasteiger partial charge in [0.05, 0.1) is 6.04 Å². The summed E-state index contributed by atoms with van der Waals surface area (Å²) < 4.78 is 11.9. The molecule has 2 amide bonds. The van der Waals surface area contributed by atoms with Crippen molar-refractivity contribution in [3.8, 4) is 5.75 Å². The van der Waals surface area contributed by atoms with Gasteiger partial charge in [0.25, 0.3) is 5.91 Å². The van der Waals surface area contributed by atoms with E-state index in [9.17, 15) is 9.59 Å². The number of carbonyl (C=O) groups excluding carboxylic acids is 2. The van der Waals surface area contributed by atoms with Gasteiger partial charge in [0.15, 0.2) is 5.76 Å². The van der Waals surface area contributed by atoms with Crippen LogP contribution in [0.15, 0.2) is 65.1 Å². The van der Waals surface area contributed by atoms with Gasteiger partial charge in [0, 0.05) is 25.0 Å². The highest BCUT2D eigenvalue weighted by Crippen LogP contribution is 2.39. The SMILES string of the molecule is CCN(CC)C(=O)c1ccc(COc2ccc3c(c2)[C@@H](c2ccccc2)N(C(=O)C(C)(C)C)CC3)o1. The van der Waals surface area contributed by atoms with Gasteiger partial charge in [-0.25, -0.2) is 0 Å². The summed E-state index contributed by atoms with van der Waals surface area (Å²) in [5, 5.41) is 0. The number of furan rings is 1. The van der Waals surface area contributed by atoms with Crippen LogP contribution in [0.25, 0.3) is 0 Å². The second-order valence-corrected chi connectivity index (χ2v) is 10.2. The number of hydrogen-bond donors (Lipinski definition) is 0. The van der Waals surface area contributed by atoms with Crippen molar-refractivity contribution in [2.75, 3.05) is 19.6 Å². The molecule has 0 fully saturated rings.